The highest BCUT2D eigenvalue weighted by Gasteiger charge is 2.34. The molecule has 1 fully saturated rings. The fourth-order valence-electron chi connectivity index (χ4n) is 3.69. The number of piperidine rings is 1. The van der Waals surface area contributed by atoms with Crippen molar-refractivity contribution in [3.63, 3.8) is 0 Å². The van der Waals surface area contributed by atoms with Crippen LogP contribution in [0.3, 0.4) is 0 Å². The number of aromatic nitrogens is 5. The van der Waals surface area contributed by atoms with Crippen molar-refractivity contribution in [3.05, 3.63) is 60.3 Å². The van der Waals surface area contributed by atoms with Crippen molar-refractivity contribution < 1.29 is 18.0 Å². The number of rotatable bonds is 4. The summed E-state index contributed by atoms with van der Waals surface area (Å²) in [6.07, 6.45) is 1.79. The molecule has 31 heavy (non-hydrogen) atoms. The van der Waals surface area contributed by atoms with Crippen molar-refractivity contribution in [2.24, 2.45) is 0 Å². The molecule has 0 aliphatic carbocycles. The predicted molar refractivity (Wildman–Crippen MR) is 106 cm³/mol. The molecule has 1 aliphatic heterocycles. The Bertz CT molecular complexity index is 1040. The number of halogens is 3. The third kappa shape index (κ3) is 4.35. The van der Waals surface area contributed by atoms with Crippen LogP contribution in [-0.2, 0) is 6.18 Å². The van der Waals surface area contributed by atoms with Gasteiger partial charge in [-0.3, -0.25) is 4.79 Å². The molecule has 11 heteroatoms. The quantitative estimate of drug-likeness (QED) is 0.683. The van der Waals surface area contributed by atoms with Crippen LogP contribution in [-0.4, -0.2) is 54.4 Å². The normalized spacial score (nSPS) is 19.3. The fraction of sp³-hybridized carbons (Fsp3) is 0.350. The summed E-state index contributed by atoms with van der Waals surface area (Å²) >= 11 is 0. The van der Waals surface area contributed by atoms with E-state index in [1.54, 1.807) is 23.1 Å². The van der Waals surface area contributed by atoms with Crippen LogP contribution >= 0.6 is 0 Å². The van der Waals surface area contributed by atoms with Crippen LogP contribution in [0.5, 0.6) is 0 Å². The minimum atomic E-state index is -4.54. The highest BCUT2D eigenvalue weighted by atomic mass is 19.4. The number of amides is 1. The maximum absolute atomic E-state index is 13.4. The lowest BCUT2D eigenvalue weighted by Gasteiger charge is -2.40. The first-order chi connectivity index (χ1) is 14.8. The Morgan fingerprint density at radius 3 is 2.55 bits per heavy atom. The molecule has 2 aromatic heterocycles. The van der Waals surface area contributed by atoms with Crippen LogP contribution in [0, 0.1) is 0 Å². The molecule has 3 aromatic rings. The number of nitrogens with one attached hydrogen (secondary N) is 1. The Kier molecular flexibility index (Phi) is 5.57. The zero-order valence-electron chi connectivity index (χ0n) is 16.6. The van der Waals surface area contributed by atoms with Crippen LogP contribution < -0.4 is 5.32 Å². The number of alkyl halides is 3. The van der Waals surface area contributed by atoms with E-state index in [-0.39, 0.29) is 23.8 Å². The van der Waals surface area contributed by atoms with Crippen molar-refractivity contribution in [1.82, 2.24) is 29.9 Å². The standard InChI is InChI=1S/C20H20F3N7O/c1-13-15(28-18-12-24-17(11-25-18)20(21,22)23)6-4-10-29(13)19(31)14-5-2-3-7-16(14)30-26-8-9-27-30/h2-3,5,7-9,11-13,15H,4,6,10H2,1H3,(H,25,28)/t13-,15?/m0/s1. The van der Waals surface area contributed by atoms with Crippen molar-refractivity contribution in [2.75, 3.05) is 11.9 Å². The van der Waals surface area contributed by atoms with Gasteiger partial charge in [-0.25, -0.2) is 9.97 Å². The summed E-state index contributed by atoms with van der Waals surface area (Å²) in [7, 11) is 0. The van der Waals surface area contributed by atoms with E-state index >= 15 is 0 Å². The molecule has 8 nitrogen and oxygen atoms in total. The van der Waals surface area contributed by atoms with Gasteiger partial charge in [0.2, 0.25) is 0 Å². The molecule has 0 bridgehead atoms. The lowest BCUT2D eigenvalue weighted by Crippen LogP contribution is -2.52. The van der Waals surface area contributed by atoms with Crippen LogP contribution in [0.25, 0.3) is 5.69 Å². The lowest BCUT2D eigenvalue weighted by molar-refractivity contribution is -0.141. The topological polar surface area (TPSA) is 88.8 Å². The summed E-state index contributed by atoms with van der Waals surface area (Å²) in [6.45, 7) is 2.47. The van der Waals surface area contributed by atoms with Crippen LogP contribution in [0.1, 0.15) is 35.8 Å². The van der Waals surface area contributed by atoms with E-state index < -0.39 is 11.9 Å². The summed E-state index contributed by atoms with van der Waals surface area (Å²) < 4.78 is 38.1. The molecule has 1 unspecified atom stereocenters. The van der Waals surface area contributed by atoms with Gasteiger partial charge in [-0.1, -0.05) is 12.1 Å². The second-order valence-corrected chi connectivity index (χ2v) is 7.25. The molecule has 1 aliphatic rings. The average molecular weight is 431 g/mol. The summed E-state index contributed by atoms with van der Waals surface area (Å²) in [4.78, 5) is 23.8. The molecular weight excluding hydrogens is 411 g/mol. The number of nitrogens with zero attached hydrogens (tertiary/aromatic N) is 6. The Labute approximate surface area is 176 Å². The van der Waals surface area contributed by atoms with Gasteiger partial charge in [0, 0.05) is 18.6 Å². The molecule has 1 amide bonds. The monoisotopic (exact) mass is 431 g/mol. The van der Waals surface area contributed by atoms with Crippen LogP contribution in [0.2, 0.25) is 0 Å². The van der Waals surface area contributed by atoms with E-state index in [4.69, 9.17) is 0 Å². The molecule has 4 rings (SSSR count). The molecule has 0 radical (unpaired) electrons. The summed E-state index contributed by atoms with van der Waals surface area (Å²) in [6, 6.07) is 6.69. The maximum Gasteiger partial charge on any atom is 0.434 e. The van der Waals surface area contributed by atoms with Gasteiger partial charge in [0.1, 0.15) is 5.82 Å². The van der Waals surface area contributed by atoms with Gasteiger partial charge < -0.3 is 10.2 Å². The van der Waals surface area contributed by atoms with Crippen molar-refractivity contribution >= 4 is 11.7 Å². The number of hydrogen-bond donors (Lipinski definition) is 1. The van der Waals surface area contributed by atoms with Crippen molar-refractivity contribution in [3.8, 4) is 5.69 Å². The molecule has 1 saturated heterocycles. The molecule has 0 saturated carbocycles. The van der Waals surface area contributed by atoms with Crippen molar-refractivity contribution in [1.29, 1.82) is 0 Å². The average Bonchev–Trinajstić information content (AvgIpc) is 3.29. The lowest BCUT2D eigenvalue weighted by atomic mass is 9.96. The van der Waals surface area contributed by atoms with Gasteiger partial charge in [-0.2, -0.15) is 28.2 Å². The first kappa shape index (κ1) is 20.8. The smallest absolute Gasteiger partial charge is 0.364 e. The number of hydrogen-bond acceptors (Lipinski definition) is 6. The van der Waals surface area contributed by atoms with Crippen molar-refractivity contribution in [2.45, 2.75) is 38.0 Å². The fourth-order valence-corrected chi connectivity index (χ4v) is 3.69. The van der Waals surface area contributed by atoms with Gasteiger partial charge in [0.05, 0.1) is 36.0 Å². The number of likely N-dealkylation sites (tertiary alicyclic amines) is 1. The SMILES string of the molecule is C[C@H]1C(Nc2cnc(C(F)(F)F)cn2)CCCN1C(=O)c1ccccc1-n1nccn1. The minimum absolute atomic E-state index is 0.162. The Balaban J connectivity index is 1.52. The first-order valence-electron chi connectivity index (χ1n) is 9.77. The molecule has 0 spiro atoms. The number of para-hydroxylation sites is 1. The van der Waals surface area contributed by atoms with Gasteiger partial charge in [0.15, 0.2) is 5.69 Å². The van der Waals surface area contributed by atoms with Crippen LogP contribution in [0.4, 0.5) is 19.0 Å². The zero-order valence-corrected chi connectivity index (χ0v) is 16.6. The highest BCUT2D eigenvalue weighted by molar-refractivity contribution is 5.98. The molecule has 1 aromatic carbocycles. The van der Waals surface area contributed by atoms with E-state index in [1.807, 2.05) is 13.0 Å². The Morgan fingerprint density at radius 1 is 1.13 bits per heavy atom. The third-order valence-corrected chi connectivity index (χ3v) is 5.29. The van der Waals surface area contributed by atoms with Gasteiger partial charge in [-0.05, 0) is 31.9 Å². The third-order valence-electron chi connectivity index (χ3n) is 5.29. The highest BCUT2D eigenvalue weighted by Crippen LogP contribution is 2.28. The van der Waals surface area contributed by atoms with E-state index in [0.29, 0.717) is 24.0 Å². The van der Waals surface area contributed by atoms with Crippen LogP contribution in [0.15, 0.2) is 49.1 Å². The van der Waals surface area contributed by atoms with Gasteiger partial charge >= 0.3 is 6.18 Å². The number of anilines is 1. The Morgan fingerprint density at radius 2 is 1.87 bits per heavy atom. The summed E-state index contributed by atoms with van der Waals surface area (Å²) in [5.74, 6) is 0.0747. The molecule has 2 atom stereocenters. The minimum Gasteiger partial charge on any atom is -0.364 e. The zero-order chi connectivity index (χ0) is 22.0. The number of carbonyl (C=O) groups is 1. The second kappa shape index (κ2) is 8.32. The van der Waals surface area contributed by atoms with Gasteiger partial charge in [-0.15, -0.1) is 0 Å². The van der Waals surface area contributed by atoms with E-state index in [9.17, 15) is 18.0 Å². The Hall–Kier alpha value is -3.50. The number of carbonyl (C=O) groups excluding carboxylic acids is 1. The predicted octanol–water partition coefficient (Wildman–Crippen LogP) is 3.18. The maximum atomic E-state index is 13.4. The molecule has 1 N–H and O–H groups in total. The van der Waals surface area contributed by atoms with E-state index in [0.717, 1.165) is 19.0 Å². The van der Waals surface area contributed by atoms with E-state index in [1.165, 1.54) is 17.2 Å². The summed E-state index contributed by atoms with van der Waals surface area (Å²) in [5.41, 5.74) is 0.00398. The molecular formula is C20H20F3N7O. The van der Waals surface area contributed by atoms with Gasteiger partial charge in [0.25, 0.3) is 5.91 Å². The molecule has 162 valence electrons. The second-order valence-electron chi connectivity index (χ2n) is 7.25. The summed E-state index contributed by atoms with van der Waals surface area (Å²) in [5, 5.41) is 11.4. The molecule has 3 heterocycles. The first-order valence-corrected chi connectivity index (χ1v) is 9.77. The van der Waals surface area contributed by atoms with E-state index in [2.05, 4.69) is 25.5 Å². The largest absolute Gasteiger partial charge is 0.434 e. The number of benzene rings is 1.